The fraction of sp³-hybridized carbons (Fsp3) is 0. The molecule has 0 aliphatic heterocycles. The highest BCUT2D eigenvalue weighted by molar-refractivity contribution is 5.54. The van der Waals surface area contributed by atoms with Crippen LogP contribution in [0.4, 0.5) is 0 Å². The molecule has 0 N–H and O–H groups in total. The number of aromatic nitrogens is 4. The van der Waals surface area contributed by atoms with Crippen molar-refractivity contribution in [3.63, 3.8) is 0 Å². The molecule has 0 saturated heterocycles. The van der Waals surface area contributed by atoms with Crippen molar-refractivity contribution in [2.75, 3.05) is 0 Å². The Balaban J connectivity index is 2.03. The minimum atomic E-state index is 0.505. The van der Waals surface area contributed by atoms with Gasteiger partial charge < -0.3 is 0 Å². The summed E-state index contributed by atoms with van der Waals surface area (Å²) in [6.07, 6.45) is 4.88. The second-order valence-electron chi connectivity index (χ2n) is 3.88. The normalized spacial score (nSPS) is 10.1. The zero-order valence-corrected chi connectivity index (χ0v) is 9.93. The van der Waals surface area contributed by atoms with E-state index in [-0.39, 0.29) is 0 Å². The van der Waals surface area contributed by atoms with Gasteiger partial charge in [-0.25, -0.2) is 9.67 Å². The highest BCUT2D eigenvalue weighted by atomic mass is 15.3. The fourth-order valence-electron chi connectivity index (χ4n) is 1.71. The minimum absolute atomic E-state index is 0.505. The Labute approximate surface area is 109 Å². The summed E-state index contributed by atoms with van der Waals surface area (Å²) in [6.45, 7) is 0. The van der Waals surface area contributed by atoms with Gasteiger partial charge in [0, 0.05) is 6.20 Å². The predicted octanol–water partition coefficient (Wildman–Crippen LogP) is 2.20. The van der Waals surface area contributed by atoms with Crippen LogP contribution in [0.1, 0.15) is 5.56 Å². The molecule has 5 nitrogen and oxygen atoms in total. The zero-order valence-electron chi connectivity index (χ0n) is 9.93. The van der Waals surface area contributed by atoms with Crippen molar-refractivity contribution in [3.8, 4) is 23.3 Å². The van der Waals surface area contributed by atoms with Crippen molar-refractivity contribution < 1.29 is 0 Å². The molecule has 0 aliphatic rings. The van der Waals surface area contributed by atoms with E-state index >= 15 is 0 Å². The van der Waals surface area contributed by atoms with E-state index in [0.29, 0.717) is 11.4 Å². The number of nitriles is 1. The molecule has 0 atom stereocenters. The van der Waals surface area contributed by atoms with Crippen molar-refractivity contribution >= 4 is 0 Å². The van der Waals surface area contributed by atoms with E-state index in [2.05, 4.69) is 15.1 Å². The Morgan fingerprint density at radius 2 is 1.95 bits per heavy atom. The molecule has 3 aromatic rings. The van der Waals surface area contributed by atoms with E-state index in [1.165, 1.54) is 6.20 Å². The Morgan fingerprint density at radius 1 is 1.05 bits per heavy atom. The smallest absolute Gasteiger partial charge is 0.154 e. The summed E-state index contributed by atoms with van der Waals surface area (Å²) in [5, 5.41) is 12.9. The molecule has 0 aliphatic carbocycles. The molecule has 0 saturated carbocycles. The molecule has 3 rings (SSSR count). The van der Waals surface area contributed by atoms with Gasteiger partial charge in [-0.1, -0.05) is 12.1 Å². The lowest BCUT2D eigenvalue weighted by molar-refractivity contribution is 0.847. The van der Waals surface area contributed by atoms with Gasteiger partial charge in [-0.15, -0.1) is 0 Å². The highest BCUT2D eigenvalue weighted by Crippen LogP contribution is 2.15. The first-order valence-electron chi connectivity index (χ1n) is 5.70. The predicted molar refractivity (Wildman–Crippen MR) is 69.3 cm³/mol. The molecule has 0 fully saturated rings. The third kappa shape index (κ3) is 2.19. The first-order chi connectivity index (χ1) is 9.36. The Morgan fingerprint density at radius 3 is 2.68 bits per heavy atom. The van der Waals surface area contributed by atoms with Crippen LogP contribution in [0.25, 0.3) is 17.2 Å². The number of hydrogen-bond donors (Lipinski definition) is 0. The summed E-state index contributed by atoms with van der Waals surface area (Å²) in [4.78, 5) is 8.75. The quantitative estimate of drug-likeness (QED) is 0.696. The molecule has 90 valence electrons. The molecular weight excluding hydrogens is 238 g/mol. The summed E-state index contributed by atoms with van der Waals surface area (Å²) >= 11 is 0. The highest BCUT2D eigenvalue weighted by Gasteiger charge is 2.04. The monoisotopic (exact) mass is 247 g/mol. The lowest BCUT2D eigenvalue weighted by Crippen LogP contribution is -1.99. The van der Waals surface area contributed by atoms with Crippen molar-refractivity contribution in [2.24, 2.45) is 0 Å². The molecule has 0 bridgehead atoms. The molecule has 3 aromatic heterocycles. The van der Waals surface area contributed by atoms with E-state index < -0.39 is 0 Å². The van der Waals surface area contributed by atoms with Crippen molar-refractivity contribution in [3.05, 3.63) is 60.6 Å². The summed E-state index contributed by atoms with van der Waals surface area (Å²) in [5.74, 6) is 0.657. The van der Waals surface area contributed by atoms with Crippen LogP contribution in [-0.4, -0.2) is 19.7 Å². The maximum absolute atomic E-state index is 8.80. The fourth-order valence-corrected chi connectivity index (χ4v) is 1.71. The van der Waals surface area contributed by atoms with Crippen molar-refractivity contribution in [2.45, 2.75) is 0 Å². The second kappa shape index (κ2) is 4.70. The van der Waals surface area contributed by atoms with E-state index in [1.807, 2.05) is 42.5 Å². The first-order valence-corrected chi connectivity index (χ1v) is 5.70. The molecule has 0 aromatic carbocycles. The van der Waals surface area contributed by atoms with Gasteiger partial charge in [0.1, 0.15) is 6.07 Å². The average molecular weight is 247 g/mol. The Bertz CT molecular complexity index is 740. The SMILES string of the molecule is N#Cc1cnn(-c2cccc(-c3ccccn3)n2)c1. The van der Waals surface area contributed by atoms with Crippen LogP contribution in [-0.2, 0) is 0 Å². The standard InChI is InChI=1S/C14H9N5/c15-8-11-9-17-19(10-11)14-6-3-5-13(18-14)12-4-1-2-7-16-12/h1-7,9-10H. The molecule has 0 amide bonds. The van der Waals surface area contributed by atoms with E-state index in [4.69, 9.17) is 5.26 Å². The van der Waals surface area contributed by atoms with Crippen molar-refractivity contribution in [1.29, 1.82) is 5.26 Å². The van der Waals surface area contributed by atoms with Gasteiger partial charge in [0.05, 0.1) is 29.3 Å². The maximum Gasteiger partial charge on any atom is 0.154 e. The number of pyridine rings is 2. The minimum Gasteiger partial charge on any atom is -0.255 e. The third-order valence-electron chi connectivity index (χ3n) is 2.61. The van der Waals surface area contributed by atoms with Crippen molar-refractivity contribution in [1.82, 2.24) is 19.7 Å². The molecule has 3 heterocycles. The zero-order chi connectivity index (χ0) is 13.1. The molecular formula is C14H9N5. The van der Waals surface area contributed by atoms with Crippen LogP contribution < -0.4 is 0 Å². The maximum atomic E-state index is 8.80. The molecule has 0 spiro atoms. The van der Waals surface area contributed by atoms with Gasteiger partial charge >= 0.3 is 0 Å². The van der Waals surface area contributed by atoms with Crippen LogP contribution in [0.5, 0.6) is 0 Å². The number of rotatable bonds is 2. The van der Waals surface area contributed by atoms with E-state index in [1.54, 1.807) is 17.1 Å². The third-order valence-corrected chi connectivity index (χ3v) is 2.61. The lowest BCUT2D eigenvalue weighted by atomic mass is 10.2. The van der Waals surface area contributed by atoms with Gasteiger partial charge in [-0.2, -0.15) is 10.4 Å². The Hall–Kier alpha value is -3.00. The molecule has 0 radical (unpaired) electrons. The van der Waals surface area contributed by atoms with Gasteiger partial charge in [-0.05, 0) is 24.3 Å². The van der Waals surface area contributed by atoms with E-state index in [0.717, 1.165) is 11.4 Å². The molecule has 0 unspecified atom stereocenters. The summed E-state index contributed by atoms with van der Waals surface area (Å²) in [6, 6.07) is 13.3. The van der Waals surface area contributed by atoms with Crippen LogP contribution in [0.3, 0.4) is 0 Å². The summed E-state index contributed by atoms with van der Waals surface area (Å²) in [5.41, 5.74) is 2.08. The van der Waals surface area contributed by atoms with Crippen LogP contribution in [0.2, 0.25) is 0 Å². The molecule has 5 heteroatoms. The summed E-state index contributed by atoms with van der Waals surface area (Å²) < 4.78 is 1.57. The largest absolute Gasteiger partial charge is 0.255 e. The van der Waals surface area contributed by atoms with Gasteiger partial charge in [0.2, 0.25) is 0 Å². The Kier molecular flexibility index (Phi) is 2.75. The van der Waals surface area contributed by atoms with Gasteiger partial charge in [-0.3, -0.25) is 4.98 Å². The number of hydrogen-bond acceptors (Lipinski definition) is 4. The van der Waals surface area contributed by atoms with Crippen LogP contribution in [0.15, 0.2) is 55.0 Å². The summed E-state index contributed by atoms with van der Waals surface area (Å²) in [7, 11) is 0. The topological polar surface area (TPSA) is 67.4 Å². The van der Waals surface area contributed by atoms with Gasteiger partial charge in [0.25, 0.3) is 0 Å². The van der Waals surface area contributed by atoms with E-state index in [9.17, 15) is 0 Å². The number of nitrogens with zero attached hydrogens (tertiary/aromatic N) is 5. The van der Waals surface area contributed by atoms with Gasteiger partial charge in [0.15, 0.2) is 5.82 Å². The molecule has 19 heavy (non-hydrogen) atoms. The first kappa shape index (κ1) is 11.1. The average Bonchev–Trinajstić information content (AvgIpc) is 2.97. The van der Waals surface area contributed by atoms with Crippen LogP contribution in [0, 0.1) is 11.3 Å². The van der Waals surface area contributed by atoms with Crippen LogP contribution >= 0.6 is 0 Å². The second-order valence-corrected chi connectivity index (χ2v) is 3.88. The lowest BCUT2D eigenvalue weighted by Gasteiger charge is -2.03.